The van der Waals surface area contributed by atoms with Gasteiger partial charge in [0.15, 0.2) is 0 Å². The van der Waals surface area contributed by atoms with E-state index < -0.39 is 54.2 Å². The molecule has 0 heterocycles. The van der Waals surface area contributed by atoms with Crippen molar-refractivity contribution in [2.24, 2.45) is 0 Å². The number of nitrogens with zero attached hydrogens (tertiary/aromatic N) is 2. The van der Waals surface area contributed by atoms with Crippen LogP contribution in [-0.2, 0) is 35.6 Å². The van der Waals surface area contributed by atoms with E-state index in [2.05, 4.69) is 4.90 Å². The molecule has 56 heavy (non-hydrogen) atoms. The Hall–Kier alpha value is -5.13. The lowest BCUT2D eigenvalue weighted by Gasteiger charge is -2.44. The third-order valence-corrected chi connectivity index (χ3v) is 9.15. The average molecular weight is 767 g/mol. The molecule has 0 aliphatic rings. The van der Waals surface area contributed by atoms with Crippen LogP contribution in [0.3, 0.4) is 0 Å². The molecule has 10 heteroatoms. The number of aliphatic hydroxyl groups is 2. The lowest BCUT2D eigenvalue weighted by molar-refractivity contribution is -0.0955. The fraction of sp³-hybridized carbons (Fsp3) is 0.326. The van der Waals surface area contributed by atoms with Gasteiger partial charge in [-0.25, -0.2) is 13.6 Å². The summed E-state index contributed by atoms with van der Waals surface area (Å²) in [5.74, 6) is -0.916. The summed E-state index contributed by atoms with van der Waals surface area (Å²) in [6, 6.07) is 39.7. The monoisotopic (exact) mass is 766 g/mol. The number of aliphatic hydroxyl groups excluding tert-OH is 2. The number of hydrogen-bond donors (Lipinski definition) is 2. The molecular weight excluding hydrogens is 715 g/mol. The lowest BCUT2D eigenvalue weighted by atomic mass is 9.92. The van der Waals surface area contributed by atoms with Crippen LogP contribution in [0.2, 0.25) is 0 Å². The fourth-order valence-electron chi connectivity index (χ4n) is 6.63. The van der Waals surface area contributed by atoms with Crippen LogP contribution in [0.5, 0.6) is 5.75 Å². The molecule has 0 aliphatic heterocycles. The highest BCUT2D eigenvalue weighted by Gasteiger charge is 2.41. The molecule has 0 aromatic heterocycles. The van der Waals surface area contributed by atoms with E-state index in [1.54, 1.807) is 32.9 Å². The van der Waals surface area contributed by atoms with Crippen molar-refractivity contribution in [2.45, 2.75) is 76.8 Å². The minimum Gasteiger partial charge on any atom is -0.491 e. The molecule has 0 saturated carbocycles. The third-order valence-electron chi connectivity index (χ3n) is 9.15. The SMILES string of the molecule is CC(C)(C)OC(=O)N(C[C@H](O)COc1ccccc1)[C@H](CO)[C@H](OCc1ccccc1)[C@H](Cc1cc(F)cc(F)c1)N(Cc1ccccc1)Cc1ccccc1. The highest BCUT2D eigenvalue weighted by molar-refractivity contribution is 5.68. The smallest absolute Gasteiger partial charge is 0.410 e. The van der Waals surface area contributed by atoms with Gasteiger partial charge in [-0.15, -0.1) is 0 Å². The predicted molar refractivity (Wildman–Crippen MR) is 213 cm³/mol. The number of para-hydroxylation sites is 1. The van der Waals surface area contributed by atoms with E-state index in [4.69, 9.17) is 14.2 Å². The second-order valence-corrected chi connectivity index (χ2v) is 14.8. The molecule has 0 bridgehead atoms. The van der Waals surface area contributed by atoms with Crippen molar-refractivity contribution in [2.75, 3.05) is 19.8 Å². The first-order valence-corrected chi connectivity index (χ1v) is 18.9. The van der Waals surface area contributed by atoms with E-state index in [9.17, 15) is 23.8 Å². The first-order chi connectivity index (χ1) is 27.0. The highest BCUT2D eigenvalue weighted by Crippen LogP contribution is 2.28. The van der Waals surface area contributed by atoms with E-state index in [0.717, 1.165) is 22.8 Å². The predicted octanol–water partition coefficient (Wildman–Crippen LogP) is 8.20. The number of ether oxygens (including phenoxy) is 3. The summed E-state index contributed by atoms with van der Waals surface area (Å²) in [5, 5.41) is 22.8. The van der Waals surface area contributed by atoms with Crippen LogP contribution in [0.4, 0.5) is 13.6 Å². The molecule has 0 radical (unpaired) electrons. The summed E-state index contributed by atoms with van der Waals surface area (Å²) < 4.78 is 48.3. The summed E-state index contributed by atoms with van der Waals surface area (Å²) in [5.41, 5.74) is 2.22. The van der Waals surface area contributed by atoms with E-state index in [1.807, 2.05) is 109 Å². The molecular formula is C46H52F2N2O6. The summed E-state index contributed by atoms with van der Waals surface area (Å²) in [6.45, 7) is 5.04. The van der Waals surface area contributed by atoms with Gasteiger partial charge in [0.05, 0.1) is 31.9 Å². The minimum atomic E-state index is -1.20. The van der Waals surface area contributed by atoms with Crippen LogP contribution in [0.1, 0.15) is 43.0 Å². The van der Waals surface area contributed by atoms with Crippen LogP contribution in [0.25, 0.3) is 0 Å². The van der Waals surface area contributed by atoms with Crippen LogP contribution in [0.15, 0.2) is 140 Å². The normalized spacial score (nSPS) is 13.8. The molecule has 1 amide bonds. The highest BCUT2D eigenvalue weighted by atomic mass is 19.1. The first kappa shape index (κ1) is 42.0. The Balaban J connectivity index is 1.63. The topological polar surface area (TPSA) is 91.7 Å². The van der Waals surface area contributed by atoms with Gasteiger partial charge in [0.1, 0.15) is 35.7 Å². The molecule has 0 aliphatic carbocycles. The number of halogens is 2. The molecule has 2 N–H and O–H groups in total. The molecule has 5 rings (SSSR count). The summed E-state index contributed by atoms with van der Waals surface area (Å²) in [6.07, 6.45) is -2.91. The number of rotatable bonds is 19. The fourth-order valence-corrected chi connectivity index (χ4v) is 6.63. The number of carbonyl (C=O) groups is 1. The number of benzene rings is 5. The quantitative estimate of drug-likeness (QED) is 0.0876. The van der Waals surface area contributed by atoms with Gasteiger partial charge in [0.25, 0.3) is 0 Å². The largest absolute Gasteiger partial charge is 0.491 e. The van der Waals surface area contributed by atoms with Gasteiger partial charge in [-0.3, -0.25) is 9.80 Å². The Morgan fingerprint density at radius 3 is 1.70 bits per heavy atom. The Morgan fingerprint density at radius 2 is 1.20 bits per heavy atom. The second-order valence-electron chi connectivity index (χ2n) is 14.8. The maximum absolute atomic E-state index is 14.9. The van der Waals surface area contributed by atoms with Crippen molar-refractivity contribution >= 4 is 6.09 Å². The first-order valence-electron chi connectivity index (χ1n) is 18.9. The van der Waals surface area contributed by atoms with Crippen molar-refractivity contribution in [3.05, 3.63) is 173 Å². The van der Waals surface area contributed by atoms with Crippen molar-refractivity contribution in [1.82, 2.24) is 9.80 Å². The van der Waals surface area contributed by atoms with Gasteiger partial charge in [-0.05, 0) is 73.7 Å². The zero-order chi connectivity index (χ0) is 39.9. The van der Waals surface area contributed by atoms with Gasteiger partial charge in [0.2, 0.25) is 0 Å². The minimum absolute atomic E-state index is 0.0755. The molecule has 5 aromatic rings. The van der Waals surface area contributed by atoms with E-state index >= 15 is 0 Å². The van der Waals surface area contributed by atoms with Crippen LogP contribution in [-0.4, -0.2) is 75.8 Å². The average Bonchev–Trinajstić information content (AvgIpc) is 3.17. The zero-order valence-corrected chi connectivity index (χ0v) is 32.2. The third kappa shape index (κ3) is 13.3. The molecule has 296 valence electrons. The van der Waals surface area contributed by atoms with Gasteiger partial charge in [-0.2, -0.15) is 0 Å². The number of amides is 1. The van der Waals surface area contributed by atoms with Crippen LogP contribution >= 0.6 is 0 Å². The summed E-state index contributed by atoms with van der Waals surface area (Å²) in [7, 11) is 0. The van der Waals surface area contributed by atoms with Gasteiger partial charge in [0, 0.05) is 25.2 Å². The Kier molecular flexibility index (Phi) is 15.5. The molecule has 0 spiro atoms. The molecule has 0 unspecified atom stereocenters. The second kappa shape index (κ2) is 20.7. The van der Waals surface area contributed by atoms with Crippen molar-refractivity contribution in [3.8, 4) is 5.75 Å². The van der Waals surface area contributed by atoms with E-state index in [1.165, 1.54) is 17.0 Å². The van der Waals surface area contributed by atoms with Crippen molar-refractivity contribution < 1.29 is 38.0 Å². The molecule has 0 saturated heterocycles. The van der Waals surface area contributed by atoms with Gasteiger partial charge < -0.3 is 24.4 Å². The van der Waals surface area contributed by atoms with Crippen molar-refractivity contribution in [3.63, 3.8) is 0 Å². The Labute approximate surface area is 328 Å². The maximum atomic E-state index is 14.9. The van der Waals surface area contributed by atoms with Crippen LogP contribution in [0, 0.1) is 11.6 Å². The molecule has 0 fully saturated rings. The molecule has 8 nitrogen and oxygen atoms in total. The Morgan fingerprint density at radius 1 is 0.696 bits per heavy atom. The lowest BCUT2D eigenvalue weighted by Crippen LogP contribution is -2.60. The van der Waals surface area contributed by atoms with Gasteiger partial charge >= 0.3 is 6.09 Å². The summed E-state index contributed by atoms with van der Waals surface area (Å²) in [4.78, 5) is 17.7. The van der Waals surface area contributed by atoms with E-state index in [0.29, 0.717) is 24.4 Å². The zero-order valence-electron chi connectivity index (χ0n) is 32.2. The standard InChI is InChI=1S/C46H52F2N2O6/c1-46(2,3)56-45(53)50(30-40(52)33-54-41-22-14-7-15-23-41)43(31-51)44(55-32-36-20-12-6-13-21-36)42(26-37-24-38(47)27-39(48)25-37)49(28-34-16-8-4-9-17-34)29-35-18-10-5-11-19-35/h4-25,27,40,42-44,51-52H,26,28-33H2,1-3H3/t40-,42-,43+,44+/m0/s1. The Bertz CT molecular complexity index is 1840. The number of carbonyl (C=O) groups excluding carboxylic acids is 1. The molecule has 4 atom stereocenters. The maximum Gasteiger partial charge on any atom is 0.410 e. The van der Waals surface area contributed by atoms with Crippen molar-refractivity contribution in [1.29, 1.82) is 0 Å². The summed E-state index contributed by atoms with van der Waals surface area (Å²) >= 11 is 0. The van der Waals surface area contributed by atoms with E-state index in [-0.39, 0.29) is 26.2 Å². The van der Waals surface area contributed by atoms with Crippen LogP contribution < -0.4 is 4.74 Å². The molecule has 5 aromatic carbocycles. The number of hydrogen-bond acceptors (Lipinski definition) is 7. The van der Waals surface area contributed by atoms with Gasteiger partial charge in [-0.1, -0.05) is 109 Å².